The van der Waals surface area contributed by atoms with Crippen molar-refractivity contribution in [2.75, 3.05) is 13.1 Å². The van der Waals surface area contributed by atoms with Crippen LogP contribution >= 0.6 is 0 Å². The summed E-state index contributed by atoms with van der Waals surface area (Å²) in [7, 11) is 0. The summed E-state index contributed by atoms with van der Waals surface area (Å²) in [6.07, 6.45) is 5.86. The van der Waals surface area contributed by atoms with Crippen LogP contribution in [0.2, 0.25) is 0 Å². The van der Waals surface area contributed by atoms with Crippen molar-refractivity contribution in [3.8, 4) is 5.75 Å². The van der Waals surface area contributed by atoms with Gasteiger partial charge in [0.15, 0.2) is 0 Å². The van der Waals surface area contributed by atoms with E-state index in [2.05, 4.69) is 4.98 Å². The Kier molecular flexibility index (Phi) is 4.20. The minimum Gasteiger partial charge on any atom is -0.508 e. The molecule has 2 heterocycles. The van der Waals surface area contributed by atoms with Crippen molar-refractivity contribution >= 4 is 5.91 Å². The summed E-state index contributed by atoms with van der Waals surface area (Å²) in [6.45, 7) is 3.42. The average Bonchev–Trinajstić information content (AvgIpc) is 3.32. The number of nitrogens with one attached hydrogen (secondary N) is 1. The van der Waals surface area contributed by atoms with Gasteiger partial charge in [0.1, 0.15) is 11.3 Å². The number of likely N-dealkylation sites (tertiary alicyclic amines) is 1. The molecule has 4 atom stereocenters. The second kappa shape index (κ2) is 6.70. The minimum absolute atomic E-state index is 0.193. The topological polar surface area (TPSA) is 93.6 Å². The van der Waals surface area contributed by atoms with Crippen LogP contribution in [-0.4, -0.2) is 44.7 Å². The Balaban J connectivity index is 1.49. The number of hydrogen-bond acceptors (Lipinski definition) is 4. The van der Waals surface area contributed by atoms with Crippen LogP contribution in [0.15, 0.2) is 29.1 Å². The Labute approximate surface area is 187 Å². The molecule has 3 N–H and O–H groups in total. The van der Waals surface area contributed by atoms with Gasteiger partial charge in [0.25, 0.3) is 11.5 Å². The van der Waals surface area contributed by atoms with Crippen molar-refractivity contribution in [2.45, 2.75) is 62.9 Å². The molecule has 0 bridgehead atoms. The van der Waals surface area contributed by atoms with E-state index in [4.69, 9.17) is 0 Å². The van der Waals surface area contributed by atoms with Gasteiger partial charge in [-0.3, -0.25) is 9.59 Å². The van der Waals surface area contributed by atoms with Gasteiger partial charge in [-0.25, -0.2) is 0 Å². The van der Waals surface area contributed by atoms with Crippen molar-refractivity contribution in [2.24, 2.45) is 11.8 Å². The van der Waals surface area contributed by atoms with Gasteiger partial charge in [0.2, 0.25) is 0 Å². The summed E-state index contributed by atoms with van der Waals surface area (Å²) in [6, 6.07) is 7.15. The standard InChI is InChI=1S/C26H30N2O4/c1-15-4-6-18(29)11-21(15)25-12-16-5-7-20(16)26(25,32)13-17-10-19(23(30)27-22(17)14-25)24(31)28-8-2-3-9-28/h4,6,10-11,16,20,29,32H,2-3,5,7-9,12-14H2,1H3,(H,27,30)/t16?,20-,25+,26+/m0/s1. The number of rotatable bonds is 2. The fourth-order valence-electron chi connectivity index (χ4n) is 7.28. The molecule has 6 rings (SSSR count). The minimum atomic E-state index is -0.951. The normalized spacial score (nSPS) is 32.8. The number of fused-ring (bicyclic) bond motifs is 4. The summed E-state index contributed by atoms with van der Waals surface area (Å²) >= 11 is 0. The first kappa shape index (κ1) is 20.0. The monoisotopic (exact) mass is 434 g/mol. The number of hydrogen-bond donors (Lipinski definition) is 3. The molecule has 0 radical (unpaired) electrons. The number of phenols is 1. The van der Waals surface area contributed by atoms with E-state index in [0.717, 1.165) is 54.5 Å². The molecule has 4 aliphatic rings. The number of aromatic hydroxyl groups is 1. The van der Waals surface area contributed by atoms with Gasteiger partial charge in [0.05, 0.1) is 5.60 Å². The average molecular weight is 435 g/mol. The summed E-state index contributed by atoms with van der Waals surface area (Å²) in [5.74, 6) is 0.662. The zero-order valence-electron chi connectivity index (χ0n) is 18.5. The Morgan fingerprint density at radius 2 is 1.94 bits per heavy atom. The summed E-state index contributed by atoms with van der Waals surface area (Å²) in [5.41, 5.74) is 2.10. The largest absolute Gasteiger partial charge is 0.508 e. The third-order valence-electron chi connectivity index (χ3n) is 8.98. The molecule has 32 heavy (non-hydrogen) atoms. The maximum Gasteiger partial charge on any atom is 0.261 e. The molecule has 168 valence electrons. The maximum atomic E-state index is 13.0. The molecule has 6 nitrogen and oxygen atoms in total. The van der Waals surface area contributed by atoms with Crippen molar-refractivity contribution in [3.05, 3.63) is 62.6 Å². The number of benzene rings is 1. The molecule has 1 amide bonds. The lowest BCUT2D eigenvalue weighted by molar-refractivity contribution is -0.0837. The van der Waals surface area contributed by atoms with E-state index < -0.39 is 11.0 Å². The molecule has 2 aromatic rings. The second-order valence-corrected chi connectivity index (χ2v) is 10.5. The van der Waals surface area contributed by atoms with Crippen LogP contribution in [0.5, 0.6) is 5.75 Å². The first-order chi connectivity index (χ1) is 15.3. The molecule has 6 heteroatoms. The van der Waals surface area contributed by atoms with Crippen LogP contribution in [-0.2, 0) is 18.3 Å². The quantitative estimate of drug-likeness (QED) is 0.678. The predicted molar refractivity (Wildman–Crippen MR) is 120 cm³/mol. The van der Waals surface area contributed by atoms with E-state index in [1.807, 2.05) is 13.0 Å². The molecule has 1 saturated heterocycles. The predicted octanol–water partition coefficient (Wildman–Crippen LogP) is 2.82. The van der Waals surface area contributed by atoms with Gasteiger partial charge >= 0.3 is 0 Å². The van der Waals surface area contributed by atoms with Crippen molar-refractivity contribution in [3.63, 3.8) is 0 Å². The molecule has 1 unspecified atom stereocenters. The smallest absolute Gasteiger partial charge is 0.261 e. The lowest BCUT2D eigenvalue weighted by atomic mass is 9.57. The van der Waals surface area contributed by atoms with E-state index in [-0.39, 0.29) is 28.7 Å². The van der Waals surface area contributed by atoms with Gasteiger partial charge in [0, 0.05) is 37.0 Å². The maximum absolute atomic E-state index is 13.0. The highest BCUT2D eigenvalue weighted by Gasteiger charge is 2.68. The van der Waals surface area contributed by atoms with Crippen LogP contribution in [0.1, 0.15) is 64.8 Å². The number of aromatic nitrogens is 1. The van der Waals surface area contributed by atoms with Crippen LogP contribution < -0.4 is 5.56 Å². The Morgan fingerprint density at radius 3 is 2.66 bits per heavy atom. The van der Waals surface area contributed by atoms with E-state index in [0.29, 0.717) is 31.8 Å². The van der Waals surface area contributed by atoms with Crippen molar-refractivity contribution < 1.29 is 15.0 Å². The van der Waals surface area contributed by atoms with Gasteiger partial charge in [-0.15, -0.1) is 0 Å². The zero-order valence-corrected chi connectivity index (χ0v) is 18.5. The van der Waals surface area contributed by atoms with E-state index in [9.17, 15) is 19.8 Å². The van der Waals surface area contributed by atoms with Gasteiger partial charge < -0.3 is 20.1 Å². The second-order valence-electron chi connectivity index (χ2n) is 10.5. The van der Waals surface area contributed by atoms with E-state index in [1.165, 1.54) is 0 Å². The highest BCUT2D eigenvalue weighted by molar-refractivity contribution is 5.94. The lowest BCUT2D eigenvalue weighted by Crippen LogP contribution is -2.58. The van der Waals surface area contributed by atoms with Crippen LogP contribution in [0, 0.1) is 18.8 Å². The molecule has 1 aromatic carbocycles. The molecular weight excluding hydrogens is 404 g/mol. The number of pyridine rings is 1. The number of phenolic OH excluding ortho intramolecular Hbond substituents is 1. The first-order valence-corrected chi connectivity index (χ1v) is 11.9. The number of H-pyrrole nitrogens is 1. The highest BCUT2D eigenvalue weighted by atomic mass is 16.3. The summed E-state index contributed by atoms with van der Waals surface area (Å²) < 4.78 is 0. The number of amides is 1. The Hall–Kier alpha value is -2.60. The lowest BCUT2D eigenvalue weighted by Gasteiger charge is -2.51. The van der Waals surface area contributed by atoms with Crippen LogP contribution in [0.4, 0.5) is 0 Å². The molecule has 3 aliphatic carbocycles. The number of nitrogens with zero attached hydrogens (tertiary/aromatic N) is 1. The van der Waals surface area contributed by atoms with Crippen molar-refractivity contribution in [1.29, 1.82) is 0 Å². The number of aliphatic hydroxyl groups is 1. The van der Waals surface area contributed by atoms with E-state index >= 15 is 0 Å². The van der Waals surface area contributed by atoms with Crippen molar-refractivity contribution in [1.82, 2.24) is 9.88 Å². The Bertz CT molecular complexity index is 1180. The molecule has 2 saturated carbocycles. The SMILES string of the molecule is Cc1ccc(O)cc1[C@@]12Cc3[nH]c(=O)c(C(=O)N4CCCC4)cc3C[C@@]1(O)[C@H]1CCC1C2. The molecular formula is C26H30N2O4. The first-order valence-electron chi connectivity index (χ1n) is 11.9. The fourth-order valence-corrected chi connectivity index (χ4v) is 7.28. The van der Waals surface area contributed by atoms with E-state index in [1.54, 1.807) is 23.1 Å². The summed E-state index contributed by atoms with van der Waals surface area (Å²) in [5, 5.41) is 22.6. The van der Waals surface area contributed by atoms with Crippen LogP contribution in [0.25, 0.3) is 0 Å². The van der Waals surface area contributed by atoms with Gasteiger partial charge in [-0.1, -0.05) is 6.07 Å². The molecule has 3 fully saturated rings. The van der Waals surface area contributed by atoms with Gasteiger partial charge in [-0.05, 0) is 85.8 Å². The van der Waals surface area contributed by atoms with Crippen LogP contribution in [0.3, 0.4) is 0 Å². The summed E-state index contributed by atoms with van der Waals surface area (Å²) in [4.78, 5) is 30.7. The third-order valence-corrected chi connectivity index (χ3v) is 8.98. The number of aromatic amines is 1. The number of carbonyl (C=O) groups is 1. The number of aryl methyl sites for hydroxylation is 1. The Morgan fingerprint density at radius 1 is 1.16 bits per heavy atom. The molecule has 0 spiro atoms. The van der Waals surface area contributed by atoms with Gasteiger partial charge in [-0.2, -0.15) is 0 Å². The number of carbonyl (C=O) groups excluding carboxylic acids is 1. The fraction of sp³-hybridized carbons (Fsp3) is 0.538. The highest BCUT2D eigenvalue weighted by Crippen LogP contribution is 2.65. The molecule has 1 aromatic heterocycles. The molecule has 1 aliphatic heterocycles. The zero-order chi connectivity index (χ0) is 22.3. The third kappa shape index (κ3) is 2.56.